The first-order valence-electron chi connectivity index (χ1n) is 8.86. The number of nitrogens with zero attached hydrogens (tertiary/aromatic N) is 2. The topological polar surface area (TPSA) is 18.5 Å². The maximum absolute atomic E-state index is 3.70. The molecule has 0 spiro atoms. The van der Waals surface area contributed by atoms with Gasteiger partial charge in [0.25, 0.3) is 0 Å². The molecule has 1 saturated carbocycles. The SMILES string of the molecule is CCCNCC1(CN2CCN(CC)C(C)C2)CCCC1. The molecule has 0 aromatic heterocycles. The molecule has 118 valence electrons. The predicted octanol–water partition coefficient (Wildman–Crippen LogP) is 2.57. The van der Waals surface area contributed by atoms with E-state index < -0.39 is 0 Å². The summed E-state index contributed by atoms with van der Waals surface area (Å²) >= 11 is 0. The molecule has 0 aromatic rings. The van der Waals surface area contributed by atoms with E-state index in [0.29, 0.717) is 5.41 Å². The van der Waals surface area contributed by atoms with E-state index in [0.717, 1.165) is 6.04 Å². The highest BCUT2D eigenvalue weighted by Gasteiger charge is 2.36. The van der Waals surface area contributed by atoms with Crippen LogP contribution in [0.5, 0.6) is 0 Å². The maximum Gasteiger partial charge on any atom is 0.0195 e. The number of rotatable bonds is 7. The molecule has 0 bridgehead atoms. The molecule has 1 N–H and O–H groups in total. The van der Waals surface area contributed by atoms with Crippen LogP contribution in [-0.2, 0) is 0 Å². The van der Waals surface area contributed by atoms with Gasteiger partial charge in [0, 0.05) is 38.8 Å². The molecule has 1 heterocycles. The first-order valence-corrected chi connectivity index (χ1v) is 8.86. The molecule has 1 aliphatic heterocycles. The van der Waals surface area contributed by atoms with Gasteiger partial charge in [0.1, 0.15) is 0 Å². The normalized spacial score (nSPS) is 28.1. The second-order valence-corrected chi connectivity index (χ2v) is 7.10. The molecule has 2 aliphatic rings. The van der Waals surface area contributed by atoms with E-state index >= 15 is 0 Å². The predicted molar refractivity (Wildman–Crippen MR) is 87.2 cm³/mol. The van der Waals surface area contributed by atoms with Crippen molar-refractivity contribution in [3.05, 3.63) is 0 Å². The Balaban J connectivity index is 1.85. The quantitative estimate of drug-likeness (QED) is 0.724. The van der Waals surface area contributed by atoms with Gasteiger partial charge in [-0.2, -0.15) is 0 Å². The van der Waals surface area contributed by atoms with Gasteiger partial charge in [-0.25, -0.2) is 0 Å². The number of hydrogen-bond donors (Lipinski definition) is 1. The van der Waals surface area contributed by atoms with E-state index in [1.165, 1.54) is 77.9 Å². The lowest BCUT2D eigenvalue weighted by molar-refractivity contribution is 0.0543. The lowest BCUT2D eigenvalue weighted by Crippen LogP contribution is -2.54. The van der Waals surface area contributed by atoms with Crippen LogP contribution in [-0.4, -0.2) is 61.7 Å². The Bertz CT molecular complexity index is 273. The molecule has 0 amide bonds. The fourth-order valence-corrected chi connectivity index (χ4v) is 4.20. The molecule has 0 aromatic carbocycles. The zero-order chi connectivity index (χ0) is 14.4. The van der Waals surface area contributed by atoms with Gasteiger partial charge in [0.05, 0.1) is 0 Å². The van der Waals surface area contributed by atoms with E-state index in [4.69, 9.17) is 0 Å². The smallest absolute Gasteiger partial charge is 0.0195 e. The summed E-state index contributed by atoms with van der Waals surface area (Å²) in [4.78, 5) is 5.36. The molecular weight excluding hydrogens is 246 g/mol. The Morgan fingerprint density at radius 1 is 1.15 bits per heavy atom. The number of nitrogens with one attached hydrogen (secondary N) is 1. The lowest BCUT2D eigenvalue weighted by atomic mass is 9.85. The van der Waals surface area contributed by atoms with Crippen molar-refractivity contribution < 1.29 is 0 Å². The van der Waals surface area contributed by atoms with Gasteiger partial charge in [-0.15, -0.1) is 0 Å². The molecular formula is C17H35N3. The van der Waals surface area contributed by atoms with Gasteiger partial charge in [-0.1, -0.05) is 26.7 Å². The summed E-state index contributed by atoms with van der Waals surface area (Å²) in [5.41, 5.74) is 0.573. The number of hydrogen-bond acceptors (Lipinski definition) is 3. The molecule has 3 heteroatoms. The number of piperazine rings is 1. The minimum Gasteiger partial charge on any atom is -0.316 e. The molecule has 3 nitrogen and oxygen atoms in total. The van der Waals surface area contributed by atoms with Gasteiger partial charge in [-0.3, -0.25) is 9.80 Å². The Kier molecular flexibility index (Phi) is 6.31. The van der Waals surface area contributed by atoms with Crippen molar-refractivity contribution in [1.82, 2.24) is 15.1 Å². The fourth-order valence-electron chi connectivity index (χ4n) is 4.20. The molecule has 20 heavy (non-hydrogen) atoms. The van der Waals surface area contributed by atoms with Crippen LogP contribution in [0.2, 0.25) is 0 Å². The summed E-state index contributed by atoms with van der Waals surface area (Å²) < 4.78 is 0. The van der Waals surface area contributed by atoms with Crippen molar-refractivity contribution in [2.45, 2.75) is 58.9 Å². The van der Waals surface area contributed by atoms with E-state index in [2.05, 4.69) is 35.9 Å². The van der Waals surface area contributed by atoms with Crippen LogP contribution in [0.15, 0.2) is 0 Å². The average Bonchev–Trinajstić information content (AvgIpc) is 2.88. The highest BCUT2D eigenvalue weighted by molar-refractivity contribution is 4.91. The third kappa shape index (κ3) is 4.19. The largest absolute Gasteiger partial charge is 0.316 e. The van der Waals surface area contributed by atoms with Gasteiger partial charge < -0.3 is 5.32 Å². The van der Waals surface area contributed by atoms with Crippen LogP contribution < -0.4 is 5.32 Å². The van der Waals surface area contributed by atoms with Crippen LogP contribution in [0.1, 0.15) is 52.9 Å². The van der Waals surface area contributed by atoms with Crippen LogP contribution in [0.3, 0.4) is 0 Å². The van der Waals surface area contributed by atoms with Crippen LogP contribution in [0.4, 0.5) is 0 Å². The van der Waals surface area contributed by atoms with Crippen molar-refractivity contribution in [3.63, 3.8) is 0 Å². The second-order valence-electron chi connectivity index (χ2n) is 7.10. The van der Waals surface area contributed by atoms with Gasteiger partial charge in [0.15, 0.2) is 0 Å². The highest BCUT2D eigenvalue weighted by atomic mass is 15.3. The Hall–Kier alpha value is -0.120. The third-order valence-corrected chi connectivity index (χ3v) is 5.41. The first-order chi connectivity index (χ1) is 9.69. The van der Waals surface area contributed by atoms with Crippen molar-refractivity contribution in [1.29, 1.82) is 0 Å². The average molecular weight is 281 g/mol. The van der Waals surface area contributed by atoms with Crippen molar-refractivity contribution in [3.8, 4) is 0 Å². The van der Waals surface area contributed by atoms with Crippen LogP contribution >= 0.6 is 0 Å². The van der Waals surface area contributed by atoms with E-state index in [-0.39, 0.29) is 0 Å². The third-order valence-electron chi connectivity index (χ3n) is 5.41. The monoisotopic (exact) mass is 281 g/mol. The molecule has 1 unspecified atom stereocenters. The van der Waals surface area contributed by atoms with E-state index in [1.54, 1.807) is 0 Å². The summed E-state index contributed by atoms with van der Waals surface area (Å²) in [5.74, 6) is 0. The first kappa shape index (κ1) is 16.3. The van der Waals surface area contributed by atoms with Gasteiger partial charge in [-0.05, 0) is 44.7 Å². The van der Waals surface area contributed by atoms with Gasteiger partial charge >= 0.3 is 0 Å². The lowest BCUT2D eigenvalue weighted by Gasteiger charge is -2.43. The summed E-state index contributed by atoms with van der Waals surface area (Å²) in [7, 11) is 0. The molecule has 1 saturated heterocycles. The highest BCUT2D eigenvalue weighted by Crippen LogP contribution is 2.38. The van der Waals surface area contributed by atoms with Crippen molar-refractivity contribution in [2.24, 2.45) is 5.41 Å². The summed E-state index contributed by atoms with van der Waals surface area (Å²) in [6, 6.07) is 0.732. The molecule has 1 atom stereocenters. The van der Waals surface area contributed by atoms with Crippen molar-refractivity contribution >= 4 is 0 Å². The summed E-state index contributed by atoms with van der Waals surface area (Å²) in [5, 5.41) is 3.70. The summed E-state index contributed by atoms with van der Waals surface area (Å²) in [6.45, 7) is 15.7. The molecule has 0 radical (unpaired) electrons. The standard InChI is InChI=1S/C17H35N3/c1-4-10-18-14-17(8-6-7-9-17)15-19-11-12-20(5-2)16(3)13-19/h16,18H,4-15H2,1-3H3. The minimum absolute atomic E-state index is 0.573. The Labute approximate surface area is 126 Å². The molecule has 2 rings (SSSR count). The Morgan fingerprint density at radius 2 is 1.90 bits per heavy atom. The second kappa shape index (κ2) is 7.77. The van der Waals surface area contributed by atoms with Crippen LogP contribution in [0.25, 0.3) is 0 Å². The van der Waals surface area contributed by atoms with Crippen molar-refractivity contribution in [2.75, 3.05) is 45.8 Å². The summed E-state index contributed by atoms with van der Waals surface area (Å²) in [6.07, 6.45) is 7.01. The minimum atomic E-state index is 0.573. The van der Waals surface area contributed by atoms with Gasteiger partial charge in [0.2, 0.25) is 0 Å². The Morgan fingerprint density at radius 3 is 2.50 bits per heavy atom. The van der Waals surface area contributed by atoms with E-state index in [1.807, 2.05) is 0 Å². The molecule has 1 aliphatic carbocycles. The van der Waals surface area contributed by atoms with Crippen LogP contribution in [0, 0.1) is 5.41 Å². The molecule has 2 fully saturated rings. The maximum atomic E-state index is 3.70. The van der Waals surface area contributed by atoms with E-state index in [9.17, 15) is 0 Å². The zero-order valence-electron chi connectivity index (χ0n) is 14.0. The fraction of sp³-hybridized carbons (Fsp3) is 1.00. The zero-order valence-corrected chi connectivity index (χ0v) is 14.0. The number of likely N-dealkylation sites (N-methyl/N-ethyl adjacent to an activating group) is 1.